The molecule has 0 saturated carbocycles. The summed E-state index contributed by atoms with van der Waals surface area (Å²) in [4.78, 5) is 0. The van der Waals surface area contributed by atoms with Crippen molar-refractivity contribution in [2.75, 3.05) is 5.32 Å². The van der Waals surface area contributed by atoms with E-state index in [1.807, 2.05) is 42.5 Å². The topological polar surface area (TPSA) is 55.6 Å². The number of rotatable bonds is 4. The van der Waals surface area contributed by atoms with Gasteiger partial charge in [-0.2, -0.15) is 4.68 Å². The second-order valence-electron chi connectivity index (χ2n) is 4.23. The molecule has 3 rings (SSSR count). The number of nitrogens with one attached hydrogen (secondary N) is 1. The average molecular weight is 330 g/mol. The zero-order chi connectivity index (χ0) is 13.8. The summed E-state index contributed by atoms with van der Waals surface area (Å²) >= 11 is 3.46. The van der Waals surface area contributed by atoms with Crippen LogP contribution in [0.15, 0.2) is 59.1 Å². The van der Waals surface area contributed by atoms with E-state index in [9.17, 15) is 0 Å². The third kappa shape index (κ3) is 2.85. The van der Waals surface area contributed by atoms with Crippen LogP contribution < -0.4 is 5.32 Å². The van der Waals surface area contributed by atoms with Gasteiger partial charge in [0.05, 0.1) is 5.69 Å². The molecule has 0 atom stereocenters. The van der Waals surface area contributed by atoms with Gasteiger partial charge < -0.3 is 5.32 Å². The first-order chi connectivity index (χ1) is 9.83. The first kappa shape index (κ1) is 12.8. The van der Waals surface area contributed by atoms with E-state index >= 15 is 0 Å². The lowest BCUT2D eigenvalue weighted by Gasteiger charge is -2.07. The van der Waals surface area contributed by atoms with Crippen LogP contribution >= 0.6 is 15.9 Å². The molecule has 2 aromatic carbocycles. The molecule has 6 heteroatoms. The second-order valence-corrected chi connectivity index (χ2v) is 5.15. The highest BCUT2D eigenvalue weighted by Gasteiger charge is 2.07. The summed E-state index contributed by atoms with van der Waals surface area (Å²) < 4.78 is 2.73. The molecule has 3 aromatic rings. The summed E-state index contributed by atoms with van der Waals surface area (Å²) in [5.41, 5.74) is 2.08. The Bertz CT molecular complexity index is 696. The normalized spacial score (nSPS) is 10.4. The molecule has 0 amide bonds. The number of para-hydroxylation sites is 1. The Balaban J connectivity index is 1.78. The molecule has 0 aliphatic rings. The summed E-state index contributed by atoms with van der Waals surface area (Å²) in [6.45, 7) is 0.659. The zero-order valence-electron chi connectivity index (χ0n) is 10.6. The lowest BCUT2D eigenvalue weighted by Crippen LogP contribution is -2.07. The molecule has 1 N–H and O–H groups in total. The Hall–Kier alpha value is -2.21. The molecule has 0 bridgehead atoms. The fraction of sp³-hybridized carbons (Fsp3) is 0.0714. The molecule has 0 aliphatic carbocycles. The SMILES string of the molecule is Brc1cccc(CNc2nnnn2-c2ccccc2)c1. The largest absolute Gasteiger partial charge is 0.349 e. The van der Waals surface area contributed by atoms with Crippen molar-refractivity contribution in [2.24, 2.45) is 0 Å². The summed E-state index contributed by atoms with van der Waals surface area (Å²) in [7, 11) is 0. The van der Waals surface area contributed by atoms with Crippen molar-refractivity contribution in [3.05, 3.63) is 64.6 Å². The third-order valence-corrected chi connectivity index (χ3v) is 3.30. The lowest BCUT2D eigenvalue weighted by molar-refractivity contribution is 0.789. The van der Waals surface area contributed by atoms with E-state index in [2.05, 4.69) is 48.9 Å². The Morgan fingerprint density at radius 1 is 1.05 bits per heavy atom. The minimum Gasteiger partial charge on any atom is -0.349 e. The van der Waals surface area contributed by atoms with Gasteiger partial charge in [-0.3, -0.25) is 0 Å². The maximum absolute atomic E-state index is 4.01. The number of anilines is 1. The van der Waals surface area contributed by atoms with Gasteiger partial charge in [0.15, 0.2) is 0 Å². The van der Waals surface area contributed by atoms with Crippen molar-refractivity contribution in [1.29, 1.82) is 0 Å². The first-order valence-corrected chi connectivity index (χ1v) is 6.94. The molecule has 0 aliphatic heterocycles. The van der Waals surface area contributed by atoms with Gasteiger partial charge in [0.1, 0.15) is 0 Å². The molecule has 0 spiro atoms. The molecule has 20 heavy (non-hydrogen) atoms. The smallest absolute Gasteiger partial charge is 0.248 e. The third-order valence-electron chi connectivity index (χ3n) is 2.81. The van der Waals surface area contributed by atoms with E-state index in [0.29, 0.717) is 12.5 Å². The number of halogens is 1. The number of nitrogens with zero attached hydrogens (tertiary/aromatic N) is 4. The summed E-state index contributed by atoms with van der Waals surface area (Å²) in [5.74, 6) is 0.621. The predicted octanol–water partition coefficient (Wildman–Crippen LogP) is 3.04. The quantitative estimate of drug-likeness (QED) is 0.799. The maximum Gasteiger partial charge on any atom is 0.248 e. The van der Waals surface area contributed by atoms with Gasteiger partial charge in [-0.25, -0.2) is 0 Å². The van der Waals surface area contributed by atoms with Crippen molar-refractivity contribution >= 4 is 21.9 Å². The molecule has 1 aromatic heterocycles. The highest BCUT2D eigenvalue weighted by atomic mass is 79.9. The monoisotopic (exact) mass is 329 g/mol. The summed E-state index contributed by atoms with van der Waals surface area (Å²) in [6, 6.07) is 17.9. The minimum absolute atomic E-state index is 0.621. The molecule has 0 saturated heterocycles. The number of tetrazole rings is 1. The molecule has 5 nitrogen and oxygen atoms in total. The Kier molecular flexibility index (Phi) is 3.73. The van der Waals surface area contributed by atoms with E-state index in [1.165, 1.54) is 0 Å². The van der Waals surface area contributed by atoms with Crippen LogP contribution in [-0.2, 0) is 6.54 Å². The number of aromatic nitrogens is 4. The van der Waals surface area contributed by atoms with Gasteiger partial charge in [-0.15, -0.1) is 0 Å². The molecular weight excluding hydrogens is 318 g/mol. The summed E-state index contributed by atoms with van der Waals surface area (Å²) in [5, 5.41) is 15.0. The van der Waals surface area contributed by atoms with Gasteiger partial charge in [0, 0.05) is 11.0 Å². The molecule has 0 radical (unpaired) electrons. The molecular formula is C14H12BrN5. The lowest BCUT2D eigenvalue weighted by atomic mass is 10.2. The Morgan fingerprint density at radius 3 is 2.70 bits per heavy atom. The van der Waals surface area contributed by atoms with E-state index < -0.39 is 0 Å². The molecule has 0 fully saturated rings. The van der Waals surface area contributed by atoms with Gasteiger partial charge in [0.25, 0.3) is 0 Å². The van der Waals surface area contributed by atoms with Crippen molar-refractivity contribution < 1.29 is 0 Å². The fourth-order valence-corrected chi connectivity index (χ4v) is 2.32. The maximum atomic E-state index is 4.01. The second kappa shape index (κ2) is 5.83. The molecule has 0 unspecified atom stereocenters. The van der Waals surface area contributed by atoms with E-state index in [4.69, 9.17) is 0 Å². The van der Waals surface area contributed by atoms with Crippen LogP contribution in [0.3, 0.4) is 0 Å². The van der Waals surface area contributed by atoms with Gasteiger partial charge >= 0.3 is 0 Å². The minimum atomic E-state index is 0.621. The number of hydrogen-bond donors (Lipinski definition) is 1. The molecule has 1 heterocycles. The van der Waals surface area contributed by atoms with Crippen LogP contribution in [0.2, 0.25) is 0 Å². The summed E-state index contributed by atoms with van der Waals surface area (Å²) in [6.07, 6.45) is 0. The van der Waals surface area contributed by atoms with Crippen molar-refractivity contribution in [1.82, 2.24) is 20.2 Å². The van der Waals surface area contributed by atoms with Crippen molar-refractivity contribution in [3.63, 3.8) is 0 Å². The van der Waals surface area contributed by atoms with Gasteiger partial charge in [-0.05, 0) is 40.3 Å². The van der Waals surface area contributed by atoms with Crippen LogP contribution in [0.25, 0.3) is 5.69 Å². The predicted molar refractivity (Wildman–Crippen MR) is 80.6 cm³/mol. The van der Waals surface area contributed by atoms with Crippen molar-refractivity contribution in [2.45, 2.75) is 6.54 Å². The van der Waals surface area contributed by atoms with E-state index in [1.54, 1.807) is 4.68 Å². The molecule has 100 valence electrons. The van der Waals surface area contributed by atoms with Crippen LogP contribution in [-0.4, -0.2) is 20.2 Å². The average Bonchev–Trinajstić information content (AvgIpc) is 2.95. The van der Waals surface area contributed by atoms with Crippen LogP contribution in [0, 0.1) is 0 Å². The Labute approximate surface area is 124 Å². The first-order valence-electron chi connectivity index (χ1n) is 6.15. The highest BCUT2D eigenvalue weighted by molar-refractivity contribution is 9.10. The Morgan fingerprint density at radius 2 is 1.90 bits per heavy atom. The van der Waals surface area contributed by atoms with E-state index in [-0.39, 0.29) is 0 Å². The van der Waals surface area contributed by atoms with Crippen molar-refractivity contribution in [3.8, 4) is 5.69 Å². The van der Waals surface area contributed by atoms with Crippen LogP contribution in [0.5, 0.6) is 0 Å². The van der Waals surface area contributed by atoms with Gasteiger partial charge in [-0.1, -0.05) is 51.4 Å². The highest BCUT2D eigenvalue weighted by Crippen LogP contribution is 2.14. The van der Waals surface area contributed by atoms with Gasteiger partial charge in [0.2, 0.25) is 5.95 Å². The zero-order valence-corrected chi connectivity index (χ0v) is 12.2. The van der Waals surface area contributed by atoms with Crippen LogP contribution in [0.1, 0.15) is 5.56 Å². The number of hydrogen-bond acceptors (Lipinski definition) is 4. The van der Waals surface area contributed by atoms with Crippen LogP contribution in [0.4, 0.5) is 5.95 Å². The standard InChI is InChI=1S/C14H12BrN5/c15-12-6-4-5-11(9-12)10-16-14-17-18-19-20(14)13-7-2-1-3-8-13/h1-9H,10H2,(H,16,17,19). The van der Waals surface area contributed by atoms with E-state index in [0.717, 1.165) is 15.7 Å². The number of benzene rings is 2. The fourth-order valence-electron chi connectivity index (χ4n) is 1.87.